The Labute approximate surface area is 94.3 Å². The van der Waals surface area contributed by atoms with Crippen LogP contribution in [0.4, 0.5) is 5.95 Å². The van der Waals surface area contributed by atoms with E-state index in [-0.39, 0.29) is 5.95 Å². The number of nitrogens with two attached hydrogens (primary N) is 1. The molecule has 0 bridgehead atoms. The minimum absolute atomic E-state index is 0.140. The van der Waals surface area contributed by atoms with Gasteiger partial charge < -0.3 is 10.7 Å². The van der Waals surface area contributed by atoms with E-state index in [1.165, 1.54) is 17.2 Å². The Balaban J connectivity index is 2.33. The number of nitrogens with zero attached hydrogens (tertiary/aromatic N) is 5. The van der Waals surface area contributed by atoms with Crippen LogP contribution in [0.2, 0.25) is 5.02 Å². The standard InChI is InChI=1S/C8H6ClN7/c9-4-1-13-16(2-4)7-5-6(12-3-11-5)14-8(10)15-7/h1-3H,(H3,10,11,12,14,15). The van der Waals surface area contributed by atoms with Gasteiger partial charge in [-0.25, -0.2) is 9.67 Å². The number of aromatic amines is 1. The predicted molar refractivity (Wildman–Crippen MR) is 58.2 cm³/mol. The molecular formula is C8H6ClN7. The van der Waals surface area contributed by atoms with Crippen LogP contribution in [0.3, 0.4) is 0 Å². The molecule has 0 saturated heterocycles. The number of anilines is 1. The number of hydrogen-bond acceptors (Lipinski definition) is 5. The molecule has 80 valence electrons. The third kappa shape index (κ3) is 1.29. The Kier molecular flexibility index (Phi) is 1.80. The molecular weight excluding hydrogens is 230 g/mol. The monoisotopic (exact) mass is 235 g/mol. The van der Waals surface area contributed by atoms with Gasteiger partial charge in [0.25, 0.3) is 0 Å². The molecule has 0 saturated carbocycles. The van der Waals surface area contributed by atoms with E-state index in [2.05, 4.69) is 25.0 Å². The van der Waals surface area contributed by atoms with Gasteiger partial charge in [-0.15, -0.1) is 0 Å². The maximum atomic E-state index is 5.79. The molecule has 3 heterocycles. The molecule has 0 aliphatic carbocycles. The number of imidazole rings is 1. The van der Waals surface area contributed by atoms with E-state index >= 15 is 0 Å². The smallest absolute Gasteiger partial charge is 0.224 e. The molecule has 0 atom stereocenters. The third-order valence-electron chi connectivity index (χ3n) is 2.05. The molecule has 0 radical (unpaired) electrons. The second kappa shape index (κ2) is 3.17. The van der Waals surface area contributed by atoms with Gasteiger partial charge in [0.2, 0.25) is 5.95 Å². The Hall–Kier alpha value is -2.15. The summed E-state index contributed by atoms with van der Waals surface area (Å²) in [6, 6.07) is 0. The molecule has 16 heavy (non-hydrogen) atoms. The summed E-state index contributed by atoms with van der Waals surface area (Å²) < 4.78 is 1.51. The number of rotatable bonds is 1. The summed E-state index contributed by atoms with van der Waals surface area (Å²) in [5, 5.41) is 4.57. The van der Waals surface area contributed by atoms with Crippen LogP contribution in [-0.2, 0) is 0 Å². The summed E-state index contributed by atoms with van der Waals surface area (Å²) in [4.78, 5) is 15.0. The van der Waals surface area contributed by atoms with Crippen molar-refractivity contribution >= 4 is 28.7 Å². The lowest BCUT2D eigenvalue weighted by atomic mass is 10.5. The van der Waals surface area contributed by atoms with Crippen LogP contribution in [0.1, 0.15) is 0 Å². The summed E-state index contributed by atoms with van der Waals surface area (Å²) in [7, 11) is 0. The van der Waals surface area contributed by atoms with Crippen molar-refractivity contribution in [2.75, 3.05) is 5.73 Å². The molecule has 0 unspecified atom stereocenters. The zero-order valence-electron chi connectivity index (χ0n) is 7.92. The fourth-order valence-corrected chi connectivity index (χ4v) is 1.55. The van der Waals surface area contributed by atoms with E-state index < -0.39 is 0 Å². The predicted octanol–water partition coefficient (Wildman–Crippen LogP) is 0.774. The van der Waals surface area contributed by atoms with Crippen LogP contribution in [0.5, 0.6) is 0 Å². The second-order valence-electron chi connectivity index (χ2n) is 3.11. The van der Waals surface area contributed by atoms with Gasteiger partial charge in [-0.3, -0.25) is 0 Å². The third-order valence-corrected chi connectivity index (χ3v) is 2.25. The van der Waals surface area contributed by atoms with Crippen LogP contribution in [-0.4, -0.2) is 29.7 Å². The van der Waals surface area contributed by atoms with Crippen molar-refractivity contribution in [3.63, 3.8) is 0 Å². The number of nitrogens with one attached hydrogen (secondary N) is 1. The number of H-pyrrole nitrogens is 1. The van der Waals surface area contributed by atoms with Gasteiger partial charge in [-0.1, -0.05) is 11.6 Å². The van der Waals surface area contributed by atoms with Crippen LogP contribution in [0.25, 0.3) is 17.0 Å². The quantitative estimate of drug-likeness (QED) is 0.649. The minimum Gasteiger partial charge on any atom is -0.368 e. The Morgan fingerprint density at radius 3 is 3.00 bits per heavy atom. The van der Waals surface area contributed by atoms with E-state index in [1.807, 2.05) is 0 Å². The number of nitrogen functional groups attached to an aromatic ring is 1. The summed E-state index contributed by atoms with van der Waals surface area (Å²) in [5.41, 5.74) is 6.73. The van der Waals surface area contributed by atoms with Crippen molar-refractivity contribution in [1.82, 2.24) is 29.7 Å². The van der Waals surface area contributed by atoms with E-state index in [4.69, 9.17) is 17.3 Å². The maximum absolute atomic E-state index is 5.79. The normalized spacial score (nSPS) is 11.1. The molecule has 3 rings (SSSR count). The van der Waals surface area contributed by atoms with Gasteiger partial charge in [0.1, 0.15) is 5.52 Å². The van der Waals surface area contributed by atoms with E-state index in [9.17, 15) is 0 Å². The second-order valence-corrected chi connectivity index (χ2v) is 3.55. The highest BCUT2D eigenvalue weighted by Crippen LogP contribution is 2.17. The molecule has 3 aromatic rings. The van der Waals surface area contributed by atoms with Crippen LogP contribution < -0.4 is 5.73 Å². The fraction of sp³-hybridized carbons (Fsp3) is 0. The zero-order valence-corrected chi connectivity index (χ0v) is 8.68. The number of hydrogen-bond donors (Lipinski definition) is 2. The van der Waals surface area contributed by atoms with Crippen molar-refractivity contribution in [2.45, 2.75) is 0 Å². The topological polar surface area (TPSA) is 98.3 Å². The van der Waals surface area contributed by atoms with Crippen LogP contribution in [0.15, 0.2) is 18.7 Å². The van der Waals surface area contributed by atoms with E-state index in [0.717, 1.165) is 0 Å². The van der Waals surface area contributed by atoms with Crippen LogP contribution >= 0.6 is 11.6 Å². The highest BCUT2D eigenvalue weighted by molar-refractivity contribution is 6.30. The van der Waals surface area contributed by atoms with Gasteiger partial charge in [0.15, 0.2) is 11.5 Å². The molecule has 3 aromatic heterocycles. The molecule has 3 N–H and O–H groups in total. The van der Waals surface area contributed by atoms with Gasteiger partial charge >= 0.3 is 0 Å². The van der Waals surface area contributed by atoms with Gasteiger partial charge in [-0.05, 0) is 0 Å². The highest BCUT2D eigenvalue weighted by atomic mass is 35.5. The summed E-state index contributed by atoms with van der Waals surface area (Å²) in [6.07, 6.45) is 4.67. The SMILES string of the molecule is Nc1nc(-n2cc(Cl)cn2)c2[nH]cnc2n1. The molecule has 8 heteroatoms. The first-order valence-corrected chi connectivity index (χ1v) is 4.79. The average molecular weight is 236 g/mol. The first-order chi connectivity index (χ1) is 7.74. The van der Waals surface area contributed by atoms with E-state index in [0.29, 0.717) is 22.0 Å². The van der Waals surface area contributed by atoms with Crippen molar-refractivity contribution in [3.8, 4) is 5.82 Å². The molecule has 0 aliphatic rings. The van der Waals surface area contributed by atoms with Crippen molar-refractivity contribution in [1.29, 1.82) is 0 Å². The largest absolute Gasteiger partial charge is 0.368 e. The molecule has 0 spiro atoms. The summed E-state index contributed by atoms with van der Waals surface area (Å²) in [5.74, 6) is 0.660. The van der Waals surface area contributed by atoms with Gasteiger partial charge in [0, 0.05) is 0 Å². The zero-order chi connectivity index (χ0) is 11.1. The average Bonchev–Trinajstić information content (AvgIpc) is 2.84. The fourth-order valence-electron chi connectivity index (χ4n) is 1.42. The lowest BCUT2D eigenvalue weighted by molar-refractivity contribution is 0.851. The van der Waals surface area contributed by atoms with Gasteiger partial charge in [0.05, 0.1) is 23.7 Å². The first kappa shape index (κ1) is 9.10. The molecule has 7 nitrogen and oxygen atoms in total. The number of halogens is 1. The van der Waals surface area contributed by atoms with Crippen LogP contribution in [0, 0.1) is 0 Å². The number of fused-ring (bicyclic) bond motifs is 1. The number of aromatic nitrogens is 6. The van der Waals surface area contributed by atoms with Crippen molar-refractivity contribution in [3.05, 3.63) is 23.7 Å². The Morgan fingerprint density at radius 1 is 1.38 bits per heavy atom. The van der Waals surface area contributed by atoms with Gasteiger partial charge in [-0.2, -0.15) is 15.1 Å². The first-order valence-electron chi connectivity index (χ1n) is 4.41. The van der Waals surface area contributed by atoms with E-state index in [1.54, 1.807) is 6.20 Å². The maximum Gasteiger partial charge on any atom is 0.224 e. The molecule has 0 aromatic carbocycles. The minimum atomic E-state index is 0.140. The molecule has 0 amide bonds. The lowest BCUT2D eigenvalue weighted by Crippen LogP contribution is -2.04. The Morgan fingerprint density at radius 2 is 2.25 bits per heavy atom. The van der Waals surface area contributed by atoms with Crippen molar-refractivity contribution < 1.29 is 0 Å². The molecule has 0 fully saturated rings. The Bertz CT molecular complexity index is 655. The lowest BCUT2D eigenvalue weighted by Gasteiger charge is -2.01. The van der Waals surface area contributed by atoms with Crippen molar-refractivity contribution in [2.24, 2.45) is 0 Å². The summed E-state index contributed by atoms with van der Waals surface area (Å²) in [6.45, 7) is 0. The summed E-state index contributed by atoms with van der Waals surface area (Å²) >= 11 is 5.79. The highest BCUT2D eigenvalue weighted by Gasteiger charge is 2.10. The molecule has 0 aliphatic heterocycles.